The molecule has 7 nitrogen and oxygen atoms in total. The Morgan fingerprint density at radius 3 is 2.70 bits per heavy atom. The van der Waals surface area contributed by atoms with Crippen molar-refractivity contribution in [3.05, 3.63) is 43.4 Å². The van der Waals surface area contributed by atoms with Crippen LogP contribution in [0.25, 0.3) is 0 Å². The van der Waals surface area contributed by atoms with Crippen molar-refractivity contribution >= 4 is 28.2 Å². The second-order valence-corrected chi connectivity index (χ2v) is 7.81. The summed E-state index contributed by atoms with van der Waals surface area (Å²) < 4.78 is 6.50. The number of carbonyl (C=O) groups excluding carboxylic acids is 2. The maximum absolute atomic E-state index is 12.7. The number of nitrogens with zero attached hydrogens (tertiary/aromatic N) is 2. The molecule has 0 fully saturated rings. The molecule has 2 aromatic rings. The summed E-state index contributed by atoms with van der Waals surface area (Å²) in [5.74, 6) is -0.297. The van der Waals surface area contributed by atoms with Crippen molar-refractivity contribution < 1.29 is 14.3 Å². The fourth-order valence-electron chi connectivity index (χ4n) is 3.31. The molecule has 1 amide bonds. The van der Waals surface area contributed by atoms with Gasteiger partial charge in [0.25, 0.3) is 5.56 Å². The summed E-state index contributed by atoms with van der Waals surface area (Å²) in [7, 11) is 0. The number of ether oxygens (including phenoxy) is 1. The van der Waals surface area contributed by atoms with E-state index in [1.54, 1.807) is 13.8 Å². The van der Waals surface area contributed by atoms with E-state index < -0.39 is 5.97 Å². The topological polar surface area (TPSA) is 90.3 Å². The predicted octanol–water partition coefficient (Wildman–Crippen LogP) is 2.53. The Labute approximate surface area is 161 Å². The Morgan fingerprint density at radius 1 is 1.26 bits per heavy atom. The van der Waals surface area contributed by atoms with Gasteiger partial charge in [-0.05, 0) is 52.5 Å². The maximum atomic E-state index is 12.7. The molecule has 0 aromatic carbocycles. The summed E-state index contributed by atoms with van der Waals surface area (Å²) in [5.41, 5.74) is 2.59. The van der Waals surface area contributed by atoms with E-state index in [9.17, 15) is 14.4 Å². The van der Waals surface area contributed by atoms with Crippen molar-refractivity contribution in [3.63, 3.8) is 0 Å². The quantitative estimate of drug-likeness (QED) is 0.794. The van der Waals surface area contributed by atoms with Gasteiger partial charge in [0.15, 0.2) is 0 Å². The molecule has 1 aliphatic rings. The molecule has 0 spiro atoms. The second kappa shape index (κ2) is 7.64. The van der Waals surface area contributed by atoms with Gasteiger partial charge < -0.3 is 10.1 Å². The molecule has 0 atom stereocenters. The van der Waals surface area contributed by atoms with E-state index in [1.165, 1.54) is 15.9 Å². The Morgan fingerprint density at radius 2 is 2.00 bits per heavy atom. The molecule has 0 aliphatic heterocycles. The number of aromatic nitrogens is 2. The number of hydrogen-bond acceptors (Lipinski definition) is 6. The molecular formula is C19H23N3O4S. The molecule has 0 unspecified atom stereocenters. The highest BCUT2D eigenvalue weighted by atomic mass is 32.1. The van der Waals surface area contributed by atoms with Crippen LogP contribution in [-0.2, 0) is 28.9 Å². The van der Waals surface area contributed by atoms with Crippen molar-refractivity contribution in [1.29, 1.82) is 0 Å². The monoisotopic (exact) mass is 389 g/mol. The maximum Gasteiger partial charge on any atom is 0.341 e. The summed E-state index contributed by atoms with van der Waals surface area (Å²) in [6.45, 7) is 7.31. The standard InChI is InChI=1S/C19H23N3O4S/c1-5-26-19(25)16-10(2)11(3)27-17(16)21-15(23)9-22-12(4)20-14-8-6-7-13(14)18(22)24/h5-9H2,1-4H3,(H,21,23). The van der Waals surface area contributed by atoms with Crippen LogP contribution in [0, 0.1) is 20.8 Å². The average Bonchev–Trinajstić information content (AvgIpc) is 3.17. The number of thiophene rings is 1. The van der Waals surface area contributed by atoms with Crippen molar-refractivity contribution in [3.8, 4) is 0 Å². The minimum Gasteiger partial charge on any atom is -0.462 e. The average molecular weight is 389 g/mol. The molecule has 8 heteroatoms. The summed E-state index contributed by atoms with van der Waals surface area (Å²) in [4.78, 5) is 42.9. The van der Waals surface area contributed by atoms with Gasteiger partial charge in [-0.1, -0.05) is 0 Å². The van der Waals surface area contributed by atoms with E-state index in [4.69, 9.17) is 4.74 Å². The lowest BCUT2D eigenvalue weighted by Gasteiger charge is -2.12. The fraction of sp³-hybridized carbons (Fsp3) is 0.474. The second-order valence-electron chi connectivity index (χ2n) is 6.59. The Bertz CT molecular complexity index is 974. The van der Waals surface area contributed by atoms with Crippen LogP contribution in [0.3, 0.4) is 0 Å². The molecule has 3 rings (SSSR count). The van der Waals surface area contributed by atoms with Crippen molar-refractivity contribution in [2.75, 3.05) is 11.9 Å². The van der Waals surface area contributed by atoms with Crippen LogP contribution >= 0.6 is 11.3 Å². The lowest BCUT2D eigenvalue weighted by Crippen LogP contribution is -2.32. The van der Waals surface area contributed by atoms with Crippen molar-refractivity contribution in [2.45, 2.75) is 53.5 Å². The molecule has 0 saturated heterocycles. The number of carbonyl (C=O) groups is 2. The molecule has 2 aromatic heterocycles. The number of rotatable bonds is 5. The SMILES string of the molecule is CCOC(=O)c1c(NC(=O)Cn2c(C)nc3c(c2=O)CCC3)sc(C)c1C. The highest BCUT2D eigenvalue weighted by molar-refractivity contribution is 7.16. The largest absolute Gasteiger partial charge is 0.462 e. The van der Waals surface area contributed by atoms with Gasteiger partial charge in [-0.3, -0.25) is 14.2 Å². The number of fused-ring (bicyclic) bond motifs is 1. The van der Waals surface area contributed by atoms with Crippen LogP contribution in [0.1, 0.15) is 51.2 Å². The summed E-state index contributed by atoms with van der Waals surface area (Å²) in [6, 6.07) is 0. The summed E-state index contributed by atoms with van der Waals surface area (Å²) >= 11 is 1.33. The van der Waals surface area contributed by atoms with Crippen molar-refractivity contribution in [2.24, 2.45) is 0 Å². The summed E-state index contributed by atoms with van der Waals surface area (Å²) in [5, 5.41) is 3.23. The molecule has 0 saturated carbocycles. The van der Waals surface area contributed by atoms with E-state index in [0.717, 1.165) is 29.0 Å². The molecule has 27 heavy (non-hydrogen) atoms. The molecule has 144 valence electrons. The lowest BCUT2D eigenvalue weighted by molar-refractivity contribution is -0.116. The highest BCUT2D eigenvalue weighted by Gasteiger charge is 2.24. The van der Waals surface area contributed by atoms with Gasteiger partial charge in [-0.25, -0.2) is 9.78 Å². The van der Waals surface area contributed by atoms with Crippen molar-refractivity contribution in [1.82, 2.24) is 9.55 Å². The Hall–Kier alpha value is -2.48. The van der Waals surface area contributed by atoms with Gasteiger partial charge in [0, 0.05) is 10.4 Å². The summed E-state index contributed by atoms with van der Waals surface area (Å²) in [6.07, 6.45) is 2.44. The highest BCUT2D eigenvalue weighted by Crippen LogP contribution is 2.33. The predicted molar refractivity (Wildman–Crippen MR) is 104 cm³/mol. The molecule has 0 bridgehead atoms. The number of nitrogens with one attached hydrogen (secondary N) is 1. The first-order valence-corrected chi connectivity index (χ1v) is 9.81. The number of aryl methyl sites for hydroxylation is 3. The Balaban J connectivity index is 1.85. The van der Waals surface area contributed by atoms with Gasteiger partial charge in [0.2, 0.25) is 5.91 Å². The third-order valence-electron chi connectivity index (χ3n) is 4.80. The van der Waals surface area contributed by atoms with Gasteiger partial charge in [0.1, 0.15) is 17.4 Å². The zero-order valence-corrected chi connectivity index (χ0v) is 16.8. The van der Waals surface area contributed by atoms with Gasteiger partial charge in [0.05, 0.1) is 17.9 Å². The molecular weight excluding hydrogens is 366 g/mol. The first-order valence-electron chi connectivity index (χ1n) is 8.99. The Kier molecular flexibility index (Phi) is 5.46. The van der Waals surface area contributed by atoms with E-state index >= 15 is 0 Å². The van der Waals surface area contributed by atoms with Gasteiger partial charge >= 0.3 is 5.97 Å². The number of amides is 1. The number of anilines is 1. The normalized spacial score (nSPS) is 12.7. The zero-order chi connectivity index (χ0) is 19.7. The van der Waals surface area contributed by atoms with E-state index in [1.807, 2.05) is 13.8 Å². The third kappa shape index (κ3) is 3.66. The van der Waals surface area contributed by atoms with Crippen LogP contribution < -0.4 is 10.9 Å². The van der Waals surface area contributed by atoms with Crippen LogP contribution in [0.5, 0.6) is 0 Å². The minimum absolute atomic E-state index is 0.136. The van der Waals surface area contributed by atoms with Crippen LogP contribution in [0.4, 0.5) is 5.00 Å². The molecule has 1 aliphatic carbocycles. The minimum atomic E-state index is -0.456. The molecule has 1 N–H and O–H groups in total. The van der Waals surface area contributed by atoms with E-state index in [-0.39, 0.29) is 24.6 Å². The smallest absolute Gasteiger partial charge is 0.341 e. The third-order valence-corrected chi connectivity index (χ3v) is 5.92. The first-order chi connectivity index (χ1) is 12.8. The van der Waals surface area contributed by atoms with Crippen LogP contribution in [-0.4, -0.2) is 28.0 Å². The first kappa shape index (κ1) is 19.3. The van der Waals surface area contributed by atoms with Crippen LogP contribution in [0.15, 0.2) is 4.79 Å². The van der Waals surface area contributed by atoms with Gasteiger partial charge in [-0.2, -0.15) is 0 Å². The zero-order valence-electron chi connectivity index (χ0n) is 16.0. The van der Waals surface area contributed by atoms with Crippen LogP contribution in [0.2, 0.25) is 0 Å². The van der Waals surface area contributed by atoms with E-state index in [0.29, 0.717) is 28.4 Å². The lowest BCUT2D eigenvalue weighted by atomic mass is 10.1. The number of esters is 1. The molecule has 2 heterocycles. The number of hydrogen-bond donors (Lipinski definition) is 1. The van der Waals surface area contributed by atoms with E-state index in [2.05, 4.69) is 10.3 Å². The molecule has 0 radical (unpaired) electrons. The van der Waals surface area contributed by atoms with Gasteiger partial charge in [-0.15, -0.1) is 11.3 Å². The fourth-order valence-corrected chi connectivity index (χ4v) is 4.37.